The lowest BCUT2D eigenvalue weighted by molar-refractivity contribution is -0.139. The maximum absolute atomic E-state index is 11.5. The van der Waals surface area contributed by atoms with Gasteiger partial charge in [-0.25, -0.2) is 8.42 Å². The summed E-state index contributed by atoms with van der Waals surface area (Å²) in [5.74, 6) is 0.00199. The minimum atomic E-state index is -2.95. The zero-order valence-corrected chi connectivity index (χ0v) is 10.8. The number of carbonyl (C=O) groups is 1. The number of carboxylic acids is 1. The maximum Gasteiger partial charge on any atom is 0.317 e. The van der Waals surface area contributed by atoms with Crippen LogP contribution in [0.1, 0.15) is 26.2 Å². The van der Waals surface area contributed by atoms with Gasteiger partial charge in [-0.1, -0.05) is 0 Å². The van der Waals surface area contributed by atoms with Crippen LogP contribution < -0.4 is 0 Å². The van der Waals surface area contributed by atoms with E-state index < -0.39 is 15.8 Å². The number of rotatable bonds is 5. The van der Waals surface area contributed by atoms with Gasteiger partial charge in [-0.3, -0.25) is 9.69 Å². The van der Waals surface area contributed by atoms with Gasteiger partial charge in [0.2, 0.25) is 0 Å². The summed E-state index contributed by atoms with van der Waals surface area (Å²) in [6, 6.07) is 0.0797. The van der Waals surface area contributed by atoms with Crippen molar-refractivity contribution in [1.29, 1.82) is 0 Å². The molecule has 17 heavy (non-hydrogen) atoms. The number of aliphatic carboxylic acids is 1. The summed E-state index contributed by atoms with van der Waals surface area (Å²) >= 11 is 0. The van der Waals surface area contributed by atoms with Gasteiger partial charge < -0.3 is 5.11 Å². The maximum atomic E-state index is 11.5. The summed E-state index contributed by atoms with van der Waals surface area (Å²) < 4.78 is 22.9. The summed E-state index contributed by atoms with van der Waals surface area (Å²) in [4.78, 5) is 12.8. The van der Waals surface area contributed by atoms with E-state index in [1.54, 1.807) is 0 Å². The molecule has 1 heterocycles. The Balaban J connectivity index is 2.07. The predicted molar refractivity (Wildman–Crippen MR) is 63.6 cm³/mol. The van der Waals surface area contributed by atoms with Crippen LogP contribution in [0.25, 0.3) is 0 Å². The Bertz CT molecular complexity index is 402. The Morgan fingerprint density at radius 1 is 1.41 bits per heavy atom. The number of hydrogen-bond acceptors (Lipinski definition) is 4. The van der Waals surface area contributed by atoms with Crippen molar-refractivity contribution in [3.05, 3.63) is 0 Å². The van der Waals surface area contributed by atoms with Crippen LogP contribution in [0.3, 0.4) is 0 Å². The van der Waals surface area contributed by atoms with Crippen LogP contribution in [0.5, 0.6) is 0 Å². The van der Waals surface area contributed by atoms with E-state index in [2.05, 4.69) is 0 Å². The van der Waals surface area contributed by atoms with Crippen molar-refractivity contribution in [2.75, 3.05) is 18.1 Å². The first-order valence-electron chi connectivity index (χ1n) is 6.07. The van der Waals surface area contributed by atoms with Crippen molar-refractivity contribution in [3.63, 3.8) is 0 Å². The van der Waals surface area contributed by atoms with Gasteiger partial charge in [0.15, 0.2) is 9.84 Å². The van der Waals surface area contributed by atoms with Crippen molar-refractivity contribution in [2.45, 2.75) is 38.3 Å². The highest BCUT2D eigenvalue weighted by Crippen LogP contribution is 2.36. The van der Waals surface area contributed by atoms with Gasteiger partial charge in [0.1, 0.15) is 0 Å². The number of sulfone groups is 1. The molecule has 6 heteroatoms. The molecule has 0 aromatic rings. The van der Waals surface area contributed by atoms with Gasteiger partial charge in [0.25, 0.3) is 0 Å². The Morgan fingerprint density at radius 2 is 2.06 bits per heavy atom. The van der Waals surface area contributed by atoms with E-state index in [0.717, 1.165) is 12.8 Å². The monoisotopic (exact) mass is 261 g/mol. The third kappa shape index (κ3) is 3.19. The van der Waals surface area contributed by atoms with Gasteiger partial charge in [0, 0.05) is 12.1 Å². The van der Waals surface area contributed by atoms with Crippen LogP contribution in [-0.4, -0.2) is 54.5 Å². The van der Waals surface area contributed by atoms with Crippen molar-refractivity contribution < 1.29 is 18.3 Å². The van der Waals surface area contributed by atoms with Crippen LogP contribution >= 0.6 is 0 Å². The Morgan fingerprint density at radius 3 is 2.47 bits per heavy atom. The Kier molecular flexibility index (Phi) is 3.45. The summed E-state index contributed by atoms with van der Waals surface area (Å²) in [5, 5.41) is 8.93. The summed E-state index contributed by atoms with van der Waals surface area (Å²) in [6.07, 6.45) is 2.85. The molecule has 1 N–H and O–H groups in total. The molecule has 1 aliphatic carbocycles. The molecule has 2 fully saturated rings. The first-order valence-corrected chi connectivity index (χ1v) is 7.89. The zero-order chi connectivity index (χ0) is 12.6. The number of carboxylic acid groups (broad SMARTS) is 1. The second kappa shape index (κ2) is 4.57. The molecule has 2 rings (SSSR count). The summed E-state index contributed by atoms with van der Waals surface area (Å²) in [5.41, 5.74) is 0. The fourth-order valence-electron chi connectivity index (χ4n) is 2.65. The lowest BCUT2D eigenvalue weighted by atomic mass is 10.1. The third-order valence-corrected chi connectivity index (χ3v) is 5.57. The standard InChI is InChI=1S/C11H19NO4S/c1-8(9-2-3-9)12(6-11(13)14)10-4-5-17(15,16)7-10/h8-10H,2-7H2,1H3,(H,13,14). The minimum Gasteiger partial charge on any atom is -0.480 e. The molecule has 98 valence electrons. The van der Waals surface area contributed by atoms with Crippen molar-refractivity contribution in [1.82, 2.24) is 4.90 Å². The molecule has 1 aliphatic heterocycles. The van der Waals surface area contributed by atoms with Crippen molar-refractivity contribution >= 4 is 15.8 Å². The molecule has 2 atom stereocenters. The predicted octanol–water partition coefficient (Wildman–Crippen LogP) is 0.359. The third-order valence-electron chi connectivity index (χ3n) is 3.82. The number of hydrogen-bond donors (Lipinski definition) is 1. The molecule has 2 unspecified atom stereocenters. The molecule has 0 amide bonds. The van der Waals surface area contributed by atoms with Gasteiger partial charge in [-0.2, -0.15) is 0 Å². The van der Waals surface area contributed by atoms with E-state index in [9.17, 15) is 13.2 Å². The van der Waals surface area contributed by atoms with Gasteiger partial charge in [0.05, 0.1) is 18.1 Å². The lowest BCUT2D eigenvalue weighted by Crippen LogP contribution is -2.46. The second-order valence-electron chi connectivity index (χ2n) is 5.20. The van der Waals surface area contributed by atoms with Crippen LogP contribution in [0, 0.1) is 5.92 Å². The average molecular weight is 261 g/mol. The molecule has 1 saturated heterocycles. The highest BCUT2D eigenvalue weighted by atomic mass is 32.2. The van der Waals surface area contributed by atoms with E-state index in [1.807, 2.05) is 11.8 Å². The highest BCUT2D eigenvalue weighted by molar-refractivity contribution is 7.91. The smallest absolute Gasteiger partial charge is 0.317 e. The fourth-order valence-corrected chi connectivity index (χ4v) is 4.39. The van der Waals surface area contributed by atoms with Crippen LogP contribution in [-0.2, 0) is 14.6 Å². The average Bonchev–Trinajstić information content (AvgIpc) is 2.99. The summed E-state index contributed by atoms with van der Waals surface area (Å²) in [7, 11) is -2.95. The first kappa shape index (κ1) is 12.8. The van der Waals surface area contributed by atoms with Crippen LogP contribution in [0.2, 0.25) is 0 Å². The van der Waals surface area contributed by atoms with Gasteiger partial charge in [-0.15, -0.1) is 0 Å². The van der Waals surface area contributed by atoms with Gasteiger partial charge >= 0.3 is 5.97 Å². The minimum absolute atomic E-state index is 0.0438. The zero-order valence-electron chi connectivity index (χ0n) is 10.0. The SMILES string of the molecule is CC(C1CC1)N(CC(=O)O)C1CCS(=O)(=O)C1. The van der Waals surface area contributed by atoms with E-state index in [1.165, 1.54) is 0 Å². The molecule has 5 nitrogen and oxygen atoms in total. The second-order valence-corrected chi connectivity index (χ2v) is 7.43. The van der Waals surface area contributed by atoms with Crippen LogP contribution in [0.4, 0.5) is 0 Å². The van der Waals surface area contributed by atoms with Crippen LogP contribution in [0.15, 0.2) is 0 Å². The number of nitrogens with zero attached hydrogens (tertiary/aromatic N) is 1. The lowest BCUT2D eigenvalue weighted by Gasteiger charge is -2.32. The fraction of sp³-hybridized carbons (Fsp3) is 0.909. The molecule has 0 spiro atoms. The molecule has 0 bridgehead atoms. The molecular formula is C11H19NO4S. The molecule has 0 aromatic heterocycles. The van der Waals surface area contributed by atoms with Crippen molar-refractivity contribution in [3.8, 4) is 0 Å². The van der Waals surface area contributed by atoms with Gasteiger partial charge in [-0.05, 0) is 32.1 Å². The van der Waals surface area contributed by atoms with E-state index >= 15 is 0 Å². The quantitative estimate of drug-likeness (QED) is 0.773. The normalized spacial score (nSPS) is 29.4. The molecular weight excluding hydrogens is 242 g/mol. The molecule has 1 saturated carbocycles. The largest absolute Gasteiger partial charge is 0.480 e. The van der Waals surface area contributed by atoms with E-state index in [4.69, 9.17) is 5.11 Å². The Labute approximate surface area is 102 Å². The molecule has 0 aromatic carbocycles. The first-order chi connectivity index (χ1) is 7.89. The highest BCUT2D eigenvalue weighted by Gasteiger charge is 2.40. The summed E-state index contributed by atoms with van der Waals surface area (Å²) in [6.45, 7) is 1.98. The Hall–Kier alpha value is -0.620. The van der Waals surface area contributed by atoms with Crippen molar-refractivity contribution in [2.24, 2.45) is 5.92 Å². The topological polar surface area (TPSA) is 74.7 Å². The molecule has 2 aliphatic rings. The van der Waals surface area contributed by atoms with E-state index in [-0.39, 0.29) is 30.1 Å². The molecule has 0 radical (unpaired) electrons. The van der Waals surface area contributed by atoms with E-state index in [0.29, 0.717) is 12.3 Å².